The highest BCUT2D eigenvalue weighted by molar-refractivity contribution is 5.89. The molecule has 0 saturated heterocycles. The molecule has 0 fully saturated rings. The molecular formula is C21H26N2O4. The monoisotopic (exact) mass is 370 g/mol. The smallest absolute Gasteiger partial charge is 0.319 e. The normalized spacial score (nSPS) is 12.6. The van der Waals surface area contributed by atoms with Gasteiger partial charge in [0.25, 0.3) is 0 Å². The van der Waals surface area contributed by atoms with Crippen molar-refractivity contribution < 1.29 is 19.0 Å². The first-order chi connectivity index (χ1) is 12.9. The second-order valence-corrected chi connectivity index (χ2v) is 7.43. The second-order valence-electron chi connectivity index (χ2n) is 7.43. The summed E-state index contributed by atoms with van der Waals surface area (Å²) in [5, 5.41) is 5.59. The van der Waals surface area contributed by atoms with Gasteiger partial charge in [0.1, 0.15) is 5.75 Å². The van der Waals surface area contributed by atoms with Crippen molar-refractivity contribution in [3.05, 3.63) is 48.0 Å². The van der Waals surface area contributed by atoms with Crippen LogP contribution in [0.5, 0.6) is 17.2 Å². The van der Waals surface area contributed by atoms with E-state index in [0.29, 0.717) is 30.3 Å². The summed E-state index contributed by atoms with van der Waals surface area (Å²) in [6, 6.07) is 13.2. The number of fused-ring (bicyclic) bond motifs is 1. The van der Waals surface area contributed by atoms with E-state index in [9.17, 15) is 4.79 Å². The molecule has 0 aromatic heterocycles. The zero-order valence-corrected chi connectivity index (χ0v) is 16.0. The zero-order valence-electron chi connectivity index (χ0n) is 16.0. The van der Waals surface area contributed by atoms with E-state index in [-0.39, 0.29) is 18.2 Å². The number of carbonyl (C=O) groups is 1. The Bertz CT molecular complexity index is 782. The summed E-state index contributed by atoms with van der Waals surface area (Å²) in [5.74, 6) is 2.17. The molecule has 1 heterocycles. The average molecular weight is 370 g/mol. The fourth-order valence-electron chi connectivity index (χ4n) is 2.66. The third-order valence-electron chi connectivity index (χ3n) is 4.23. The number of ether oxygens (including phenoxy) is 3. The molecule has 1 aliphatic rings. The Kier molecular flexibility index (Phi) is 5.74. The molecule has 144 valence electrons. The van der Waals surface area contributed by atoms with E-state index in [1.54, 1.807) is 18.2 Å². The van der Waals surface area contributed by atoms with Gasteiger partial charge in [0, 0.05) is 18.3 Å². The minimum absolute atomic E-state index is 0.133. The molecular weight excluding hydrogens is 344 g/mol. The van der Waals surface area contributed by atoms with Crippen LogP contribution in [0.15, 0.2) is 42.5 Å². The fraction of sp³-hybridized carbons (Fsp3) is 0.381. The molecule has 0 unspecified atom stereocenters. The van der Waals surface area contributed by atoms with Gasteiger partial charge in [-0.15, -0.1) is 0 Å². The van der Waals surface area contributed by atoms with Crippen molar-refractivity contribution in [2.24, 2.45) is 0 Å². The second kappa shape index (κ2) is 8.20. The van der Waals surface area contributed by atoms with Crippen molar-refractivity contribution >= 4 is 11.7 Å². The molecule has 6 nitrogen and oxygen atoms in total. The van der Waals surface area contributed by atoms with Gasteiger partial charge in [-0.05, 0) is 41.7 Å². The van der Waals surface area contributed by atoms with E-state index < -0.39 is 0 Å². The van der Waals surface area contributed by atoms with Crippen LogP contribution in [0.1, 0.15) is 32.8 Å². The predicted octanol–water partition coefficient (Wildman–Crippen LogP) is 4.30. The fourth-order valence-corrected chi connectivity index (χ4v) is 2.66. The van der Waals surface area contributed by atoms with Gasteiger partial charge in [0.05, 0.1) is 6.61 Å². The summed E-state index contributed by atoms with van der Waals surface area (Å²) in [7, 11) is 0. The largest absolute Gasteiger partial charge is 0.494 e. The molecule has 6 heteroatoms. The van der Waals surface area contributed by atoms with Crippen molar-refractivity contribution in [3.63, 3.8) is 0 Å². The molecule has 0 spiro atoms. The highest BCUT2D eigenvalue weighted by Crippen LogP contribution is 2.34. The Labute approximate surface area is 159 Å². The van der Waals surface area contributed by atoms with Gasteiger partial charge in [-0.1, -0.05) is 32.9 Å². The van der Waals surface area contributed by atoms with Gasteiger partial charge in [0.2, 0.25) is 6.79 Å². The summed E-state index contributed by atoms with van der Waals surface area (Å²) < 4.78 is 16.3. The molecule has 0 atom stereocenters. The van der Waals surface area contributed by atoms with Crippen LogP contribution in [0.3, 0.4) is 0 Å². The molecule has 27 heavy (non-hydrogen) atoms. The number of hydrogen-bond acceptors (Lipinski definition) is 4. The van der Waals surface area contributed by atoms with Gasteiger partial charge < -0.3 is 24.8 Å². The lowest BCUT2D eigenvalue weighted by molar-refractivity contribution is 0.174. The van der Waals surface area contributed by atoms with Crippen molar-refractivity contribution in [3.8, 4) is 17.2 Å². The van der Waals surface area contributed by atoms with Crippen LogP contribution in [0, 0.1) is 0 Å². The van der Waals surface area contributed by atoms with Crippen LogP contribution in [-0.4, -0.2) is 26.0 Å². The topological polar surface area (TPSA) is 68.8 Å². The van der Waals surface area contributed by atoms with Gasteiger partial charge in [-0.2, -0.15) is 0 Å². The van der Waals surface area contributed by atoms with Gasteiger partial charge in [-0.25, -0.2) is 4.79 Å². The van der Waals surface area contributed by atoms with Crippen LogP contribution in [0.25, 0.3) is 0 Å². The minimum Gasteiger partial charge on any atom is -0.494 e. The lowest BCUT2D eigenvalue weighted by Crippen LogP contribution is -2.30. The summed E-state index contributed by atoms with van der Waals surface area (Å²) in [4.78, 5) is 11.9. The third kappa shape index (κ3) is 5.29. The van der Waals surface area contributed by atoms with E-state index in [4.69, 9.17) is 14.2 Å². The van der Waals surface area contributed by atoms with Crippen molar-refractivity contribution in [2.45, 2.75) is 32.6 Å². The first-order valence-electron chi connectivity index (χ1n) is 9.10. The lowest BCUT2D eigenvalue weighted by atomic mass is 9.87. The first-order valence-corrected chi connectivity index (χ1v) is 9.10. The molecule has 1 aliphatic heterocycles. The molecule has 0 radical (unpaired) electrons. The summed E-state index contributed by atoms with van der Waals surface area (Å²) in [5.41, 5.74) is 2.07. The van der Waals surface area contributed by atoms with Crippen molar-refractivity contribution in [2.75, 3.05) is 25.3 Å². The highest BCUT2D eigenvalue weighted by atomic mass is 16.7. The molecule has 2 aromatic carbocycles. The Balaban J connectivity index is 1.34. The lowest BCUT2D eigenvalue weighted by Gasteiger charge is -2.19. The third-order valence-corrected chi connectivity index (χ3v) is 4.23. The van der Waals surface area contributed by atoms with Crippen LogP contribution < -0.4 is 24.8 Å². The van der Waals surface area contributed by atoms with Crippen LogP contribution in [0.2, 0.25) is 0 Å². The minimum atomic E-state index is -0.261. The SMILES string of the molecule is CC(C)(C)c1ccc(OCCCNC(=O)Nc2ccc3c(c2)OCO3)cc1. The molecule has 0 aliphatic carbocycles. The summed E-state index contributed by atoms with van der Waals surface area (Å²) >= 11 is 0. The number of rotatable bonds is 6. The molecule has 2 N–H and O–H groups in total. The first kappa shape index (κ1) is 18.9. The maximum atomic E-state index is 11.9. The zero-order chi connectivity index (χ0) is 19.3. The summed E-state index contributed by atoms with van der Waals surface area (Å²) in [6.07, 6.45) is 0.718. The van der Waals surface area contributed by atoms with E-state index in [1.807, 2.05) is 12.1 Å². The number of amides is 2. The van der Waals surface area contributed by atoms with Gasteiger partial charge in [0.15, 0.2) is 11.5 Å². The van der Waals surface area contributed by atoms with Crippen LogP contribution in [0.4, 0.5) is 10.5 Å². The number of benzene rings is 2. The average Bonchev–Trinajstić information content (AvgIpc) is 3.09. The van der Waals surface area contributed by atoms with E-state index in [0.717, 1.165) is 12.2 Å². The standard InChI is InChI=1S/C21H26N2O4/c1-21(2,3)15-5-8-17(9-6-15)25-12-4-11-22-20(24)23-16-7-10-18-19(13-16)27-14-26-18/h5-10,13H,4,11-12,14H2,1-3H3,(H2,22,23,24). The Morgan fingerprint density at radius 2 is 1.81 bits per heavy atom. The number of hydrogen-bond donors (Lipinski definition) is 2. The van der Waals surface area contributed by atoms with Crippen molar-refractivity contribution in [1.29, 1.82) is 0 Å². The summed E-state index contributed by atoms with van der Waals surface area (Å²) in [6.45, 7) is 7.83. The van der Waals surface area contributed by atoms with Crippen LogP contribution >= 0.6 is 0 Å². The quantitative estimate of drug-likeness (QED) is 0.744. The van der Waals surface area contributed by atoms with Gasteiger partial charge in [-0.3, -0.25) is 0 Å². The maximum absolute atomic E-state index is 11.9. The van der Waals surface area contributed by atoms with E-state index >= 15 is 0 Å². The van der Waals surface area contributed by atoms with E-state index in [1.165, 1.54) is 5.56 Å². The Hall–Kier alpha value is -2.89. The van der Waals surface area contributed by atoms with Gasteiger partial charge >= 0.3 is 6.03 Å². The molecule has 2 amide bonds. The van der Waals surface area contributed by atoms with Crippen LogP contribution in [-0.2, 0) is 5.41 Å². The predicted molar refractivity (Wildman–Crippen MR) is 105 cm³/mol. The number of urea groups is 1. The molecule has 0 saturated carbocycles. The van der Waals surface area contributed by atoms with Crippen molar-refractivity contribution in [1.82, 2.24) is 5.32 Å². The highest BCUT2D eigenvalue weighted by Gasteiger charge is 2.14. The molecule has 2 aromatic rings. The number of anilines is 1. The Morgan fingerprint density at radius 3 is 2.56 bits per heavy atom. The number of nitrogens with one attached hydrogen (secondary N) is 2. The molecule has 3 rings (SSSR count). The van der Waals surface area contributed by atoms with E-state index in [2.05, 4.69) is 43.5 Å². The number of carbonyl (C=O) groups excluding carboxylic acids is 1. The molecule has 0 bridgehead atoms. The maximum Gasteiger partial charge on any atom is 0.319 e. The Morgan fingerprint density at radius 1 is 1.07 bits per heavy atom.